The van der Waals surface area contributed by atoms with Crippen LogP contribution in [0.15, 0.2) is 24.3 Å². The molecule has 3 heteroatoms. The van der Waals surface area contributed by atoms with Crippen molar-refractivity contribution in [2.24, 2.45) is 0 Å². The molecule has 2 nitrogen and oxygen atoms in total. The standard InChI is InChI=1S/C16H27ClN2/c1-4-8-15(12-18-11-5-2)19(3)13-14-9-6-7-10-16(14)17/h6-7,9-10,15,18H,4-5,8,11-13H2,1-3H3. The molecule has 0 aromatic heterocycles. The van der Waals surface area contributed by atoms with Gasteiger partial charge in [-0.05, 0) is 38.1 Å². The largest absolute Gasteiger partial charge is 0.315 e. The number of likely N-dealkylation sites (N-methyl/N-ethyl adjacent to an activating group) is 1. The minimum Gasteiger partial charge on any atom is -0.315 e. The molecule has 108 valence electrons. The minimum atomic E-state index is 0.577. The average molecular weight is 283 g/mol. The van der Waals surface area contributed by atoms with Crippen molar-refractivity contribution in [1.29, 1.82) is 0 Å². The van der Waals surface area contributed by atoms with Gasteiger partial charge in [0.05, 0.1) is 0 Å². The summed E-state index contributed by atoms with van der Waals surface area (Å²) in [7, 11) is 2.19. The lowest BCUT2D eigenvalue weighted by molar-refractivity contribution is 0.215. The summed E-state index contributed by atoms with van der Waals surface area (Å²) in [6.07, 6.45) is 3.62. The number of nitrogens with one attached hydrogen (secondary N) is 1. The number of halogens is 1. The molecule has 0 amide bonds. The molecule has 0 radical (unpaired) electrons. The molecule has 0 aliphatic heterocycles. The number of hydrogen-bond donors (Lipinski definition) is 1. The summed E-state index contributed by atoms with van der Waals surface area (Å²) in [6.45, 7) is 7.52. The predicted molar refractivity (Wildman–Crippen MR) is 84.8 cm³/mol. The van der Waals surface area contributed by atoms with Crippen molar-refractivity contribution >= 4 is 11.6 Å². The molecule has 0 heterocycles. The van der Waals surface area contributed by atoms with Gasteiger partial charge in [-0.2, -0.15) is 0 Å². The fraction of sp³-hybridized carbons (Fsp3) is 0.625. The Morgan fingerprint density at radius 1 is 1.21 bits per heavy atom. The van der Waals surface area contributed by atoms with E-state index in [1.54, 1.807) is 0 Å². The molecule has 0 aliphatic carbocycles. The van der Waals surface area contributed by atoms with Crippen molar-refractivity contribution in [3.05, 3.63) is 34.9 Å². The molecule has 0 bridgehead atoms. The third-order valence-corrected chi connectivity index (χ3v) is 3.80. The Hall–Kier alpha value is -0.570. The van der Waals surface area contributed by atoms with Gasteiger partial charge in [-0.1, -0.05) is 50.1 Å². The van der Waals surface area contributed by atoms with E-state index in [4.69, 9.17) is 11.6 Å². The van der Waals surface area contributed by atoms with Gasteiger partial charge in [0.1, 0.15) is 0 Å². The van der Waals surface area contributed by atoms with Crippen molar-refractivity contribution < 1.29 is 0 Å². The Morgan fingerprint density at radius 2 is 1.95 bits per heavy atom. The van der Waals surface area contributed by atoms with Gasteiger partial charge in [-0.25, -0.2) is 0 Å². The lowest BCUT2D eigenvalue weighted by Crippen LogP contribution is -2.39. The second-order valence-electron chi connectivity index (χ2n) is 5.15. The molecular weight excluding hydrogens is 256 g/mol. The zero-order chi connectivity index (χ0) is 14.1. The smallest absolute Gasteiger partial charge is 0.0451 e. The number of rotatable bonds is 9. The molecule has 0 saturated heterocycles. The summed E-state index contributed by atoms with van der Waals surface area (Å²) in [4.78, 5) is 2.41. The van der Waals surface area contributed by atoms with Gasteiger partial charge < -0.3 is 5.32 Å². The van der Waals surface area contributed by atoms with Crippen LogP contribution in [0.5, 0.6) is 0 Å². The Balaban J connectivity index is 2.55. The summed E-state index contributed by atoms with van der Waals surface area (Å²) < 4.78 is 0. The minimum absolute atomic E-state index is 0.577. The second kappa shape index (κ2) is 9.35. The first-order valence-electron chi connectivity index (χ1n) is 7.33. The van der Waals surface area contributed by atoms with E-state index in [1.165, 1.54) is 24.8 Å². The summed E-state index contributed by atoms with van der Waals surface area (Å²) in [5.74, 6) is 0. The van der Waals surface area contributed by atoms with E-state index in [2.05, 4.69) is 43.2 Å². The third-order valence-electron chi connectivity index (χ3n) is 3.43. The van der Waals surface area contributed by atoms with E-state index in [0.29, 0.717) is 6.04 Å². The van der Waals surface area contributed by atoms with Crippen LogP contribution < -0.4 is 5.32 Å². The lowest BCUT2D eigenvalue weighted by Gasteiger charge is -2.28. The lowest BCUT2D eigenvalue weighted by atomic mass is 10.1. The highest BCUT2D eigenvalue weighted by molar-refractivity contribution is 6.31. The Labute approximate surface area is 123 Å². The molecule has 1 aromatic rings. The van der Waals surface area contributed by atoms with Gasteiger partial charge in [0.25, 0.3) is 0 Å². The van der Waals surface area contributed by atoms with Gasteiger partial charge in [0.15, 0.2) is 0 Å². The normalized spacial score (nSPS) is 12.9. The van der Waals surface area contributed by atoms with Crippen LogP contribution in [0.3, 0.4) is 0 Å². The van der Waals surface area contributed by atoms with Crippen molar-refractivity contribution in [2.75, 3.05) is 20.1 Å². The van der Waals surface area contributed by atoms with Crippen LogP contribution in [0.4, 0.5) is 0 Å². The molecule has 0 aliphatic rings. The zero-order valence-electron chi connectivity index (χ0n) is 12.5. The van der Waals surface area contributed by atoms with Crippen molar-refractivity contribution in [1.82, 2.24) is 10.2 Å². The van der Waals surface area contributed by atoms with Crippen LogP contribution in [0.2, 0.25) is 5.02 Å². The molecular formula is C16H27ClN2. The molecule has 1 rings (SSSR count). The quantitative estimate of drug-likeness (QED) is 0.690. The van der Waals surface area contributed by atoms with Crippen LogP contribution >= 0.6 is 11.6 Å². The molecule has 0 spiro atoms. The van der Waals surface area contributed by atoms with E-state index in [9.17, 15) is 0 Å². The highest BCUT2D eigenvalue weighted by Gasteiger charge is 2.14. The highest BCUT2D eigenvalue weighted by Crippen LogP contribution is 2.18. The van der Waals surface area contributed by atoms with Crippen LogP contribution in [0, 0.1) is 0 Å². The molecule has 19 heavy (non-hydrogen) atoms. The first-order chi connectivity index (χ1) is 9.19. The SMILES string of the molecule is CCCNCC(CCC)N(C)Cc1ccccc1Cl. The Bertz CT molecular complexity index is 354. The monoisotopic (exact) mass is 282 g/mol. The number of benzene rings is 1. The summed E-state index contributed by atoms with van der Waals surface area (Å²) in [6, 6.07) is 8.70. The first kappa shape index (κ1) is 16.5. The first-order valence-corrected chi connectivity index (χ1v) is 7.71. The van der Waals surface area contributed by atoms with E-state index in [-0.39, 0.29) is 0 Å². The zero-order valence-corrected chi connectivity index (χ0v) is 13.2. The maximum absolute atomic E-state index is 6.23. The molecule has 1 N–H and O–H groups in total. The summed E-state index contributed by atoms with van der Waals surface area (Å²) in [5.41, 5.74) is 1.21. The summed E-state index contributed by atoms with van der Waals surface area (Å²) >= 11 is 6.23. The average Bonchev–Trinajstić information content (AvgIpc) is 2.40. The Kier molecular flexibility index (Phi) is 8.11. The molecule has 1 unspecified atom stereocenters. The van der Waals surface area contributed by atoms with Gasteiger partial charge in [0, 0.05) is 24.2 Å². The molecule has 0 fully saturated rings. The van der Waals surface area contributed by atoms with Crippen molar-refractivity contribution in [2.45, 2.75) is 45.7 Å². The number of hydrogen-bond acceptors (Lipinski definition) is 2. The molecule has 1 atom stereocenters. The topological polar surface area (TPSA) is 15.3 Å². The highest BCUT2D eigenvalue weighted by atomic mass is 35.5. The van der Waals surface area contributed by atoms with Crippen molar-refractivity contribution in [3.63, 3.8) is 0 Å². The van der Waals surface area contributed by atoms with Gasteiger partial charge in [-0.15, -0.1) is 0 Å². The third kappa shape index (κ3) is 5.94. The van der Waals surface area contributed by atoms with Gasteiger partial charge >= 0.3 is 0 Å². The van der Waals surface area contributed by atoms with Crippen molar-refractivity contribution in [3.8, 4) is 0 Å². The maximum Gasteiger partial charge on any atom is 0.0451 e. The molecule has 0 saturated carbocycles. The molecule has 1 aromatic carbocycles. The Morgan fingerprint density at radius 3 is 2.58 bits per heavy atom. The van der Waals surface area contributed by atoms with E-state index >= 15 is 0 Å². The predicted octanol–water partition coefficient (Wildman–Crippen LogP) is 3.94. The maximum atomic E-state index is 6.23. The fourth-order valence-corrected chi connectivity index (χ4v) is 2.48. The van der Waals surface area contributed by atoms with Gasteiger partial charge in [0.2, 0.25) is 0 Å². The van der Waals surface area contributed by atoms with Gasteiger partial charge in [-0.3, -0.25) is 4.90 Å². The van der Waals surface area contributed by atoms with Crippen LogP contribution in [-0.4, -0.2) is 31.1 Å². The van der Waals surface area contributed by atoms with Crippen LogP contribution in [0.25, 0.3) is 0 Å². The summed E-state index contributed by atoms with van der Waals surface area (Å²) in [5, 5.41) is 4.39. The van der Waals surface area contributed by atoms with Crippen LogP contribution in [-0.2, 0) is 6.54 Å². The fourth-order valence-electron chi connectivity index (χ4n) is 2.28. The van der Waals surface area contributed by atoms with E-state index < -0.39 is 0 Å². The van der Waals surface area contributed by atoms with E-state index in [1.807, 2.05) is 12.1 Å². The number of nitrogens with zero attached hydrogens (tertiary/aromatic N) is 1. The second-order valence-corrected chi connectivity index (χ2v) is 5.56. The van der Waals surface area contributed by atoms with E-state index in [0.717, 1.165) is 24.7 Å². The van der Waals surface area contributed by atoms with Crippen LogP contribution in [0.1, 0.15) is 38.7 Å².